The number of aromatic nitrogens is 2. The minimum atomic E-state index is -0.797. The van der Waals surface area contributed by atoms with Crippen LogP contribution in [-0.4, -0.2) is 27.5 Å². The number of methoxy groups -OCH3 is 1. The van der Waals surface area contributed by atoms with Crippen molar-refractivity contribution < 1.29 is 23.6 Å². The molecule has 0 aliphatic rings. The quantitative estimate of drug-likeness (QED) is 0.333. The lowest BCUT2D eigenvalue weighted by Gasteiger charge is -2.11. The predicted octanol–water partition coefficient (Wildman–Crippen LogP) is 3.65. The molecule has 2 aromatic carbocycles. The predicted molar refractivity (Wildman–Crippen MR) is 118 cm³/mol. The van der Waals surface area contributed by atoms with E-state index >= 15 is 0 Å². The van der Waals surface area contributed by atoms with Gasteiger partial charge in [-0.2, -0.15) is 0 Å². The van der Waals surface area contributed by atoms with E-state index in [9.17, 15) is 19.7 Å². The van der Waals surface area contributed by atoms with E-state index in [1.54, 1.807) is 25.3 Å². The number of nitrogens with zero attached hydrogens (tertiary/aromatic N) is 3. The first kappa shape index (κ1) is 21.6. The molecule has 2 heterocycles. The third kappa shape index (κ3) is 4.66. The Morgan fingerprint density at radius 2 is 2.00 bits per heavy atom. The molecule has 168 valence electrons. The van der Waals surface area contributed by atoms with Crippen molar-refractivity contribution in [1.82, 2.24) is 9.55 Å². The van der Waals surface area contributed by atoms with Gasteiger partial charge in [0, 0.05) is 12.1 Å². The summed E-state index contributed by atoms with van der Waals surface area (Å²) in [5.41, 5.74) is 1.49. The zero-order valence-electron chi connectivity index (χ0n) is 17.6. The van der Waals surface area contributed by atoms with E-state index in [1.165, 1.54) is 18.3 Å². The van der Waals surface area contributed by atoms with Crippen molar-refractivity contribution in [3.63, 3.8) is 0 Å². The number of oxazole rings is 1. The Labute approximate surface area is 186 Å². The summed E-state index contributed by atoms with van der Waals surface area (Å²) in [5, 5.41) is 13.5. The molecule has 11 heteroatoms. The van der Waals surface area contributed by atoms with E-state index in [2.05, 4.69) is 10.3 Å². The van der Waals surface area contributed by atoms with Gasteiger partial charge in [0.2, 0.25) is 11.8 Å². The lowest BCUT2D eigenvalue weighted by atomic mass is 10.2. The maximum absolute atomic E-state index is 12.4. The van der Waals surface area contributed by atoms with E-state index < -0.39 is 16.6 Å². The van der Waals surface area contributed by atoms with Gasteiger partial charge in [-0.15, -0.1) is 0 Å². The maximum atomic E-state index is 12.4. The first-order valence-corrected chi connectivity index (χ1v) is 9.70. The summed E-state index contributed by atoms with van der Waals surface area (Å²) in [6.07, 6.45) is 1.41. The number of ether oxygens (including phenoxy) is 2. The van der Waals surface area contributed by atoms with Crippen molar-refractivity contribution in [3.05, 3.63) is 81.0 Å². The molecule has 0 aliphatic heterocycles. The molecule has 0 bridgehead atoms. The highest BCUT2D eigenvalue weighted by molar-refractivity contribution is 5.91. The molecule has 4 rings (SSSR count). The smallest absolute Gasteiger partial charge is 0.420 e. The number of nitrogens with one attached hydrogen (secondary N) is 1. The Morgan fingerprint density at radius 1 is 1.18 bits per heavy atom. The molecule has 0 aliphatic carbocycles. The summed E-state index contributed by atoms with van der Waals surface area (Å²) in [7, 11) is 1.55. The number of pyridine rings is 1. The van der Waals surface area contributed by atoms with Gasteiger partial charge in [-0.1, -0.05) is 6.07 Å². The monoisotopic (exact) mass is 450 g/mol. The number of hydrogen-bond donors (Lipinski definition) is 1. The summed E-state index contributed by atoms with van der Waals surface area (Å²) in [4.78, 5) is 39.0. The zero-order valence-corrected chi connectivity index (χ0v) is 17.6. The maximum Gasteiger partial charge on any atom is 0.420 e. The highest BCUT2D eigenvalue weighted by Crippen LogP contribution is 2.31. The van der Waals surface area contributed by atoms with Crippen LogP contribution in [0.25, 0.3) is 11.1 Å². The lowest BCUT2D eigenvalue weighted by Crippen LogP contribution is -2.24. The second-order valence-corrected chi connectivity index (χ2v) is 7.05. The summed E-state index contributed by atoms with van der Waals surface area (Å²) in [6, 6.07) is 12.4. The largest absolute Gasteiger partial charge is 0.493 e. The fourth-order valence-corrected chi connectivity index (χ4v) is 3.15. The third-order valence-corrected chi connectivity index (χ3v) is 4.72. The van der Waals surface area contributed by atoms with Crippen LogP contribution in [0.4, 0.5) is 11.4 Å². The number of rotatable bonds is 7. The molecule has 11 nitrogen and oxygen atoms in total. The van der Waals surface area contributed by atoms with Crippen LogP contribution in [0.2, 0.25) is 0 Å². The molecule has 0 saturated carbocycles. The summed E-state index contributed by atoms with van der Waals surface area (Å²) in [5.74, 6) is 0.0633. The molecule has 0 fully saturated rings. The van der Waals surface area contributed by atoms with E-state index in [-0.39, 0.29) is 23.3 Å². The van der Waals surface area contributed by atoms with Gasteiger partial charge in [0.1, 0.15) is 6.54 Å². The number of non-ortho nitro benzene ring substituents is 1. The van der Waals surface area contributed by atoms with Crippen LogP contribution in [0.3, 0.4) is 0 Å². The minimum absolute atomic E-state index is 0.0247. The van der Waals surface area contributed by atoms with E-state index in [0.717, 1.165) is 16.2 Å². The van der Waals surface area contributed by atoms with E-state index in [0.29, 0.717) is 23.1 Å². The Balaban J connectivity index is 1.45. The second-order valence-electron chi connectivity index (χ2n) is 7.05. The average molecular weight is 450 g/mol. The van der Waals surface area contributed by atoms with Crippen LogP contribution >= 0.6 is 0 Å². The standard InChI is InChI=1S/C22H18N4O7/c1-13-3-7-17(19(9-13)31-2)32-21-8-4-14(11-23-21)24-20(27)12-25-16-6-5-15(26(29)30)10-18(16)33-22(25)28/h3-11H,12H2,1-2H3,(H,24,27). The Kier molecular flexibility index (Phi) is 5.77. The van der Waals surface area contributed by atoms with Crippen molar-refractivity contribution in [3.8, 4) is 17.4 Å². The normalized spacial score (nSPS) is 10.7. The fourth-order valence-electron chi connectivity index (χ4n) is 3.15. The number of aryl methyl sites for hydroxylation is 1. The van der Waals surface area contributed by atoms with Crippen LogP contribution in [-0.2, 0) is 11.3 Å². The van der Waals surface area contributed by atoms with Crippen molar-refractivity contribution in [2.45, 2.75) is 13.5 Å². The molecule has 0 atom stereocenters. The summed E-state index contributed by atoms with van der Waals surface area (Å²) in [6.45, 7) is 1.59. The number of fused-ring (bicyclic) bond motifs is 1. The molecule has 4 aromatic rings. The molecule has 1 N–H and O–H groups in total. The Hall–Kier alpha value is -4.67. The number of nitro groups is 1. The molecule has 0 radical (unpaired) electrons. The Morgan fingerprint density at radius 3 is 2.70 bits per heavy atom. The zero-order chi connectivity index (χ0) is 23.5. The van der Waals surface area contributed by atoms with Gasteiger partial charge >= 0.3 is 5.76 Å². The van der Waals surface area contributed by atoms with Gasteiger partial charge < -0.3 is 19.2 Å². The number of amides is 1. The van der Waals surface area contributed by atoms with Crippen LogP contribution in [0, 0.1) is 17.0 Å². The first-order valence-electron chi connectivity index (χ1n) is 9.70. The third-order valence-electron chi connectivity index (χ3n) is 4.72. The highest BCUT2D eigenvalue weighted by Gasteiger charge is 2.16. The van der Waals surface area contributed by atoms with Crippen molar-refractivity contribution >= 4 is 28.4 Å². The van der Waals surface area contributed by atoms with Gasteiger partial charge in [-0.3, -0.25) is 19.5 Å². The van der Waals surface area contributed by atoms with Gasteiger partial charge in [0.25, 0.3) is 5.69 Å². The second kappa shape index (κ2) is 8.83. The van der Waals surface area contributed by atoms with E-state index in [4.69, 9.17) is 13.9 Å². The average Bonchev–Trinajstić information content (AvgIpc) is 3.10. The van der Waals surface area contributed by atoms with Crippen molar-refractivity contribution in [2.24, 2.45) is 0 Å². The molecule has 0 spiro atoms. The van der Waals surface area contributed by atoms with Crippen molar-refractivity contribution in [1.29, 1.82) is 0 Å². The topological polar surface area (TPSA) is 139 Å². The molecule has 0 saturated heterocycles. The van der Waals surface area contributed by atoms with Gasteiger partial charge in [-0.05, 0) is 36.8 Å². The number of nitro benzene ring substituents is 1. The number of benzene rings is 2. The number of carbonyl (C=O) groups is 1. The summed E-state index contributed by atoms with van der Waals surface area (Å²) < 4.78 is 17.2. The fraction of sp³-hybridized carbons (Fsp3) is 0.136. The number of carbonyl (C=O) groups excluding carboxylic acids is 1. The van der Waals surface area contributed by atoms with Crippen molar-refractivity contribution in [2.75, 3.05) is 12.4 Å². The number of hydrogen-bond acceptors (Lipinski definition) is 8. The van der Waals surface area contributed by atoms with E-state index in [1.807, 2.05) is 19.1 Å². The molecular weight excluding hydrogens is 432 g/mol. The van der Waals surface area contributed by atoms with Crippen LogP contribution in [0.1, 0.15) is 5.56 Å². The van der Waals surface area contributed by atoms with Gasteiger partial charge in [0.05, 0.1) is 35.5 Å². The SMILES string of the molecule is COc1cc(C)ccc1Oc1ccc(NC(=O)Cn2c(=O)oc3cc([N+](=O)[O-])ccc32)cn1. The van der Waals surface area contributed by atoms with Gasteiger partial charge in [-0.25, -0.2) is 9.78 Å². The van der Waals surface area contributed by atoms with Crippen LogP contribution in [0.15, 0.2) is 63.9 Å². The molecule has 1 amide bonds. The lowest BCUT2D eigenvalue weighted by molar-refractivity contribution is -0.384. The minimum Gasteiger partial charge on any atom is -0.493 e. The van der Waals surface area contributed by atoms with Crippen LogP contribution < -0.4 is 20.5 Å². The molecule has 2 aromatic heterocycles. The highest BCUT2D eigenvalue weighted by atomic mass is 16.6. The molecule has 0 unspecified atom stereocenters. The van der Waals surface area contributed by atoms with Gasteiger partial charge in [0.15, 0.2) is 17.1 Å². The van der Waals surface area contributed by atoms with Crippen LogP contribution in [0.5, 0.6) is 17.4 Å². The number of anilines is 1. The summed E-state index contributed by atoms with van der Waals surface area (Å²) >= 11 is 0. The first-order chi connectivity index (χ1) is 15.8. The molecular formula is C22H18N4O7. The Bertz CT molecular complexity index is 1410. The molecule has 33 heavy (non-hydrogen) atoms.